The van der Waals surface area contributed by atoms with Crippen molar-refractivity contribution in [2.75, 3.05) is 5.88 Å². The number of hydrogen-bond donors (Lipinski definition) is 2. The van der Waals surface area contributed by atoms with E-state index < -0.39 is 18.0 Å². The molecule has 2 atom stereocenters. The van der Waals surface area contributed by atoms with E-state index in [1.807, 2.05) is 0 Å². The molecule has 0 saturated heterocycles. The summed E-state index contributed by atoms with van der Waals surface area (Å²) in [5.74, 6) is -0.692. The molecule has 0 aliphatic heterocycles. The molecule has 0 aromatic heterocycles. The molecule has 2 N–H and O–H groups in total. The number of halogens is 2. The van der Waals surface area contributed by atoms with Crippen LogP contribution in [0, 0.1) is 5.82 Å². The monoisotopic (exact) mass is 260 g/mol. The highest BCUT2D eigenvalue weighted by atomic mass is 35.5. The number of carbonyl (C=O) groups excluding carboxylic acids is 1. The Kier molecular flexibility index (Phi) is 5.05. The lowest BCUT2D eigenvalue weighted by Crippen LogP contribution is -2.21. The Morgan fingerprint density at radius 3 is 2.65 bits per heavy atom. The molecule has 0 heterocycles. The van der Waals surface area contributed by atoms with E-state index in [4.69, 9.17) is 11.6 Å². The van der Waals surface area contributed by atoms with Crippen LogP contribution in [0.1, 0.15) is 35.4 Å². The van der Waals surface area contributed by atoms with E-state index in [9.17, 15) is 19.4 Å². The topological polar surface area (TPSA) is 57.5 Å². The van der Waals surface area contributed by atoms with E-state index in [-0.39, 0.29) is 29.2 Å². The SMILES string of the molecule is CC(=O)c1ccc(F)cc1C(O)C(O)CCCl. The maximum absolute atomic E-state index is 13.1. The average Bonchev–Trinajstić information content (AvgIpc) is 2.27. The number of Topliss-reactive ketones (excluding diaryl/α,β-unsaturated/α-hetero) is 1. The molecule has 1 rings (SSSR count). The molecule has 2 unspecified atom stereocenters. The van der Waals surface area contributed by atoms with E-state index in [0.717, 1.165) is 12.1 Å². The van der Waals surface area contributed by atoms with Gasteiger partial charge in [-0.15, -0.1) is 11.6 Å². The summed E-state index contributed by atoms with van der Waals surface area (Å²) in [5, 5.41) is 19.4. The molecule has 17 heavy (non-hydrogen) atoms. The van der Waals surface area contributed by atoms with Gasteiger partial charge in [0, 0.05) is 11.4 Å². The zero-order valence-corrected chi connectivity index (χ0v) is 10.1. The van der Waals surface area contributed by atoms with Crippen LogP contribution in [0.15, 0.2) is 18.2 Å². The first kappa shape index (κ1) is 14.1. The molecule has 5 heteroatoms. The Labute approximate surface area is 104 Å². The maximum Gasteiger partial charge on any atom is 0.160 e. The van der Waals surface area contributed by atoms with Crippen molar-refractivity contribution in [2.45, 2.75) is 25.6 Å². The van der Waals surface area contributed by atoms with Crippen molar-refractivity contribution in [3.8, 4) is 0 Å². The number of alkyl halides is 1. The summed E-state index contributed by atoms with van der Waals surface area (Å²) in [6.45, 7) is 1.32. The van der Waals surface area contributed by atoms with E-state index in [0.29, 0.717) is 0 Å². The van der Waals surface area contributed by atoms with Gasteiger partial charge in [-0.2, -0.15) is 0 Å². The van der Waals surface area contributed by atoms with Crippen LogP contribution >= 0.6 is 11.6 Å². The first-order valence-corrected chi connectivity index (χ1v) is 5.73. The van der Waals surface area contributed by atoms with E-state index in [1.54, 1.807) is 0 Å². The van der Waals surface area contributed by atoms with Crippen LogP contribution in [0.5, 0.6) is 0 Å². The van der Waals surface area contributed by atoms with Crippen LogP contribution in [0.4, 0.5) is 4.39 Å². The van der Waals surface area contributed by atoms with Crippen molar-refractivity contribution in [3.05, 3.63) is 35.1 Å². The molecule has 0 aliphatic rings. The Balaban J connectivity index is 3.10. The van der Waals surface area contributed by atoms with Gasteiger partial charge in [-0.05, 0) is 37.1 Å². The minimum Gasteiger partial charge on any atom is -0.390 e. The number of carbonyl (C=O) groups is 1. The van der Waals surface area contributed by atoms with Gasteiger partial charge in [0.1, 0.15) is 11.9 Å². The minimum atomic E-state index is -1.32. The van der Waals surface area contributed by atoms with Crippen molar-refractivity contribution in [1.82, 2.24) is 0 Å². The summed E-state index contributed by atoms with van der Waals surface area (Å²) in [6.07, 6.45) is -2.27. The fourth-order valence-corrected chi connectivity index (χ4v) is 1.80. The van der Waals surface area contributed by atoms with E-state index in [1.165, 1.54) is 13.0 Å². The number of rotatable bonds is 5. The van der Waals surface area contributed by atoms with Gasteiger partial charge in [0.25, 0.3) is 0 Å². The number of aliphatic hydroxyl groups is 2. The molecular formula is C12H14ClFO3. The fraction of sp³-hybridized carbons (Fsp3) is 0.417. The standard InChI is InChI=1S/C12H14ClFO3/c1-7(15)9-3-2-8(14)6-10(9)12(17)11(16)4-5-13/h2-3,6,11-12,16-17H,4-5H2,1H3. The van der Waals surface area contributed by atoms with Crippen LogP contribution in [0.25, 0.3) is 0 Å². The van der Waals surface area contributed by atoms with Gasteiger partial charge in [0.05, 0.1) is 6.10 Å². The fourth-order valence-electron chi connectivity index (χ4n) is 1.58. The van der Waals surface area contributed by atoms with Gasteiger partial charge >= 0.3 is 0 Å². The van der Waals surface area contributed by atoms with Crippen LogP contribution in [0.3, 0.4) is 0 Å². The first-order chi connectivity index (χ1) is 7.97. The zero-order valence-electron chi connectivity index (χ0n) is 9.36. The molecule has 0 radical (unpaired) electrons. The number of benzene rings is 1. The first-order valence-electron chi connectivity index (χ1n) is 5.20. The van der Waals surface area contributed by atoms with Crippen molar-refractivity contribution in [3.63, 3.8) is 0 Å². The molecule has 0 amide bonds. The number of aliphatic hydroxyl groups excluding tert-OH is 2. The summed E-state index contributed by atoms with van der Waals surface area (Å²) in [7, 11) is 0. The van der Waals surface area contributed by atoms with Gasteiger partial charge in [-0.1, -0.05) is 0 Å². The molecule has 0 aliphatic carbocycles. The van der Waals surface area contributed by atoms with Crippen molar-refractivity contribution < 1.29 is 19.4 Å². The summed E-state index contributed by atoms with van der Waals surface area (Å²) in [6, 6.07) is 3.49. The Hall–Kier alpha value is -0.970. The molecule has 1 aromatic carbocycles. The molecule has 94 valence electrons. The Morgan fingerprint density at radius 2 is 2.12 bits per heavy atom. The van der Waals surface area contributed by atoms with E-state index in [2.05, 4.69) is 0 Å². The normalized spacial score (nSPS) is 14.4. The molecular weight excluding hydrogens is 247 g/mol. The third-order valence-corrected chi connectivity index (χ3v) is 2.70. The smallest absolute Gasteiger partial charge is 0.160 e. The van der Waals surface area contributed by atoms with Crippen LogP contribution in [-0.4, -0.2) is 28.0 Å². The zero-order chi connectivity index (χ0) is 13.0. The molecule has 3 nitrogen and oxygen atoms in total. The van der Waals surface area contributed by atoms with Crippen LogP contribution in [-0.2, 0) is 0 Å². The number of hydrogen-bond acceptors (Lipinski definition) is 3. The van der Waals surface area contributed by atoms with Crippen molar-refractivity contribution in [1.29, 1.82) is 0 Å². The minimum absolute atomic E-state index is 0.0927. The second-order valence-corrected chi connectivity index (χ2v) is 4.16. The molecule has 1 aromatic rings. The second kappa shape index (κ2) is 6.10. The van der Waals surface area contributed by atoms with Gasteiger partial charge in [0.15, 0.2) is 5.78 Å². The molecule has 0 fully saturated rings. The maximum atomic E-state index is 13.1. The highest BCUT2D eigenvalue weighted by molar-refractivity contribution is 6.17. The second-order valence-electron chi connectivity index (χ2n) is 3.78. The van der Waals surface area contributed by atoms with Gasteiger partial charge in [-0.25, -0.2) is 4.39 Å². The lowest BCUT2D eigenvalue weighted by atomic mass is 9.95. The lowest BCUT2D eigenvalue weighted by Gasteiger charge is -2.19. The third-order valence-electron chi connectivity index (χ3n) is 2.48. The van der Waals surface area contributed by atoms with Gasteiger partial charge in [0.2, 0.25) is 0 Å². The third kappa shape index (κ3) is 3.49. The van der Waals surface area contributed by atoms with Crippen molar-refractivity contribution >= 4 is 17.4 Å². The quantitative estimate of drug-likeness (QED) is 0.629. The summed E-state index contributed by atoms with van der Waals surface area (Å²) in [4.78, 5) is 11.3. The Morgan fingerprint density at radius 1 is 1.47 bits per heavy atom. The summed E-state index contributed by atoms with van der Waals surface area (Å²) >= 11 is 5.45. The Bertz CT molecular complexity index is 409. The summed E-state index contributed by atoms with van der Waals surface area (Å²) < 4.78 is 13.1. The predicted molar refractivity (Wildman–Crippen MR) is 62.7 cm³/mol. The highest BCUT2D eigenvalue weighted by Crippen LogP contribution is 2.24. The van der Waals surface area contributed by atoms with Crippen molar-refractivity contribution in [2.24, 2.45) is 0 Å². The van der Waals surface area contributed by atoms with E-state index >= 15 is 0 Å². The molecule has 0 saturated carbocycles. The summed E-state index contributed by atoms with van der Waals surface area (Å²) in [5.41, 5.74) is 0.294. The van der Waals surface area contributed by atoms with Crippen LogP contribution in [0.2, 0.25) is 0 Å². The number of ketones is 1. The largest absolute Gasteiger partial charge is 0.390 e. The predicted octanol–water partition coefficient (Wildman–Crippen LogP) is 2.05. The highest BCUT2D eigenvalue weighted by Gasteiger charge is 2.22. The molecule has 0 spiro atoms. The molecule has 0 bridgehead atoms. The average molecular weight is 261 g/mol. The van der Waals surface area contributed by atoms with Gasteiger partial charge < -0.3 is 10.2 Å². The van der Waals surface area contributed by atoms with Crippen LogP contribution < -0.4 is 0 Å². The van der Waals surface area contributed by atoms with Gasteiger partial charge in [-0.3, -0.25) is 4.79 Å². The lowest BCUT2D eigenvalue weighted by molar-refractivity contribution is 0.0164.